The van der Waals surface area contributed by atoms with Gasteiger partial charge < -0.3 is 15.4 Å². The van der Waals surface area contributed by atoms with Gasteiger partial charge in [0, 0.05) is 12.6 Å². The number of hydrogen-bond acceptors (Lipinski definition) is 5. The predicted octanol–water partition coefficient (Wildman–Crippen LogP) is 4.93. The van der Waals surface area contributed by atoms with E-state index in [0.29, 0.717) is 5.82 Å². The number of aromatic nitrogens is 2. The number of benzene rings is 2. The van der Waals surface area contributed by atoms with Crippen LogP contribution in [0.15, 0.2) is 60.9 Å². The van der Waals surface area contributed by atoms with Crippen LogP contribution in [0.1, 0.15) is 25.0 Å². The standard InChI is InChI=1S/C21H24N4O/c1-15(2)26-19-11-7-6-10-18(19)25-21-12-20(23-14-24-21)22-13-17-9-5-4-8-16(17)3/h4-12,14-15H,13H2,1-3H3,(H2,22,23,24,25). The molecule has 3 rings (SSSR count). The Hall–Kier alpha value is -3.08. The van der Waals surface area contributed by atoms with Crippen molar-refractivity contribution in [2.75, 3.05) is 10.6 Å². The minimum Gasteiger partial charge on any atom is -0.489 e. The van der Waals surface area contributed by atoms with Gasteiger partial charge in [-0.15, -0.1) is 0 Å². The normalized spacial score (nSPS) is 10.6. The van der Waals surface area contributed by atoms with Gasteiger partial charge in [-0.2, -0.15) is 0 Å². The highest BCUT2D eigenvalue weighted by Crippen LogP contribution is 2.28. The minimum absolute atomic E-state index is 0.106. The van der Waals surface area contributed by atoms with E-state index in [4.69, 9.17) is 4.74 Å². The van der Waals surface area contributed by atoms with E-state index >= 15 is 0 Å². The quantitative estimate of drug-likeness (QED) is 0.634. The van der Waals surface area contributed by atoms with Crippen LogP contribution in [0.5, 0.6) is 5.75 Å². The molecule has 0 spiro atoms. The van der Waals surface area contributed by atoms with Crippen LogP contribution in [0, 0.1) is 6.92 Å². The summed E-state index contributed by atoms with van der Waals surface area (Å²) in [7, 11) is 0. The number of anilines is 3. The molecule has 0 bridgehead atoms. The molecule has 0 saturated heterocycles. The third kappa shape index (κ3) is 4.72. The fourth-order valence-corrected chi connectivity index (χ4v) is 2.58. The van der Waals surface area contributed by atoms with Crippen molar-refractivity contribution < 1.29 is 4.74 Å². The van der Waals surface area contributed by atoms with Gasteiger partial charge in [0.2, 0.25) is 0 Å². The molecule has 0 fully saturated rings. The summed E-state index contributed by atoms with van der Waals surface area (Å²) in [6.07, 6.45) is 1.66. The van der Waals surface area contributed by atoms with Gasteiger partial charge in [-0.3, -0.25) is 0 Å². The van der Waals surface area contributed by atoms with Crippen molar-refractivity contribution in [2.24, 2.45) is 0 Å². The molecule has 3 aromatic rings. The number of hydrogen-bond donors (Lipinski definition) is 2. The first-order chi connectivity index (χ1) is 12.6. The van der Waals surface area contributed by atoms with E-state index in [1.165, 1.54) is 11.1 Å². The molecule has 0 radical (unpaired) electrons. The van der Waals surface area contributed by atoms with E-state index in [2.05, 4.69) is 39.7 Å². The van der Waals surface area contributed by atoms with Crippen LogP contribution in [0.2, 0.25) is 0 Å². The SMILES string of the molecule is Cc1ccccc1CNc1cc(Nc2ccccc2OC(C)C)ncn1. The lowest BCUT2D eigenvalue weighted by Crippen LogP contribution is -2.08. The van der Waals surface area contributed by atoms with E-state index in [1.54, 1.807) is 6.33 Å². The van der Waals surface area contributed by atoms with E-state index in [-0.39, 0.29) is 6.10 Å². The molecule has 0 atom stereocenters. The van der Waals surface area contributed by atoms with Gasteiger partial charge in [0.15, 0.2) is 0 Å². The Morgan fingerprint density at radius 1 is 0.962 bits per heavy atom. The average Bonchev–Trinajstić information content (AvgIpc) is 2.63. The molecule has 26 heavy (non-hydrogen) atoms. The molecule has 134 valence electrons. The van der Waals surface area contributed by atoms with Crippen molar-refractivity contribution in [1.29, 1.82) is 0 Å². The summed E-state index contributed by atoms with van der Waals surface area (Å²) in [5, 5.41) is 6.66. The second-order valence-electron chi connectivity index (χ2n) is 6.36. The molecule has 0 aliphatic rings. The van der Waals surface area contributed by atoms with Crippen LogP contribution in [0.4, 0.5) is 17.3 Å². The highest BCUT2D eigenvalue weighted by molar-refractivity contribution is 5.65. The fourth-order valence-electron chi connectivity index (χ4n) is 2.58. The molecule has 5 heteroatoms. The summed E-state index contributed by atoms with van der Waals surface area (Å²) < 4.78 is 5.84. The molecule has 1 aromatic heterocycles. The maximum Gasteiger partial charge on any atom is 0.143 e. The van der Waals surface area contributed by atoms with Gasteiger partial charge in [-0.1, -0.05) is 36.4 Å². The van der Waals surface area contributed by atoms with Crippen LogP contribution >= 0.6 is 0 Å². The molecule has 5 nitrogen and oxygen atoms in total. The van der Waals surface area contributed by atoms with E-state index in [9.17, 15) is 0 Å². The smallest absolute Gasteiger partial charge is 0.143 e. The Morgan fingerprint density at radius 3 is 2.50 bits per heavy atom. The number of para-hydroxylation sites is 2. The molecular weight excluding hydrogens is 324 g/mol. The van der Waals surface area contributed by atoms with Crippen molar-refractivity contribution in [3.8, 4) is 5.75 Å². The molecule has 0 saturated carbocycles. The molecule has 0 aliphatic carbocycles. The lowest BCUT2D eigenvalue weighted by atomic mass is 10.1. The van der Waals surface area contributed by atoms with Crippen LogP contribution in [0.3, 0.4) is 0 Å². The molecule has 0 amide bonds. The summed E-state index contributed by atoms with van der Waals surface area (Å²) in [6, 6.07) is 18.0. The van der Waals surface area contributed by atoms with Crippen LogP contribution < -0.4 is 15.4 Å². The van der Waals surface area contributed by atoms with Crippen molar-refractivity contribution in [1.82, 2.24) is 9.97 Å². The summed E-state index contributed by atoms with van der Waals surface area (Å²) >= 11 is 0. The van der Waals surface area contributed by atoms with Gasteiger partial charge in [-0.25, -0.2) is 9.97 Å². The van der Waals surface area contributed by atoms with Crippen molar-refractivity contribution in [3.05, 3.63) is 72.1 Å². The second-order valence-corrected chi connectivity index (χ2v) is 6.36. The third-order valence-corrected chi connectivity index (χ3v) is 3.90. The van der Waals surface area contributed by atoms with E-state index in [1.807, 2.05) is 56.3 Å². The highest BCUT2D eigenvalue weighted by atomic mass is 16.5. The first-order valence-corrected chi connectivity index (χ1v) is 8.75. The van der Waals surface area contributed by atoms with Gasteiger partial charge in [0.1, 0.15) is 23.7 Å². The molecule has 0 unspecified atom stereocenters. The van der Waals surface area contributed by atoms with Crippen molar-refractivity contribution in [3.63, 3.8) is 0 Å². The zero-order valence-electron chi connectivity index (χ0n) is 15.4. The Kier molecular flexibility index (Phi) is 5.69. The summed E-state index contributed by atoms with van der Waals surface area (Å²) in [5.74, 6) is 2.29. The molecule has 2 aromatic carbocycles. The Bertz CT molecular complexity index is 864. The minimum atomic E-state index is 0.106. The number of ether oxygens (including phenoxy) is 1. The van der Waals surface area contributed by atoms with Gasteiger partial charge in [0.05, 0.1) is 11.8 Å². The van der Waals surface area contributed by atoms with Crippen LogP contribution in [0.25, 0.3) is 0 Å². The lowest BCUT2D eigenvalue weighted by molar-refractivity contribution is 0.244. The summed E-state index contributed by atoms with van der Waals surface area (Å²) in [4.78, 5) is 8.61. The third-order valence-electron chi connectivity index (χ3n) is 3.90. The largest absolute Gasteiger partial charge is 0.489 e. The van der Waals surface area contributed by atoms with Gasteiger partial charge in [0.25, 0.3) is 0 Å². The molecule has 1 heterocycles. The maximum atomic E-state index is 5.84. The summed E-state index contributed by atoms with van der Waals surface area (Å²) in [6.45, 7) is 6.84. The van der Waals surface area contributed by atoms with E-state index in [0.717, 1.165) is 23.8 Å². The predicted molar refractivity (Wildman–Crippen MR) is 106 cm³/mol. The summed E-state index contributed by atoms with van der Waals surface area (Å²) in [5.41, 5.74) is 3.38. The van der Waals surface area contributed by atoms with Gasteiger partial charge >= 0.3 is 0 Å². The van der Waals surface area contributed by atoms with Crippen LogP contribution in [-0.4, -0.2) is 16.1 Å². The zero-order valence-corrected chi connectivity index (χ0v) is 15.4. The number of rotatable bonds is 7. The van der Waals surface area contributed by atoms with Crippen molar-refractivity contribution in [2.45, 2.75) is 33.4 Å². The average molecular weight is 348 g/mol. The lowest BCUT2D eigenvalue weighted by Gasteiger charge is -2.15. The van der Waals surface area contributed by atoms with Crippen LogP contribution in [-0.2, 0) is 6.54 Å². The van der Waals surface area contributed by atoms with E-state index < -0.39 is 0 Å². The molecule has 2 N–H and O–H groups in total. The molecule has 0 aliphatic heterocycles. The first-order valence-electron chi connectivity index (χ1n) is 8.75. The second kappa shape index (κ2) is 8.34. The molecular formula is C21H24N4O. The highest BCUT2D eigenvalue weighted by Gasteiger charge is 2.07. The Balaban J connectivity index is 1.71. The fraction of sp³-hybridized carbons (Fsp3) is 0.238. The van der Waals surface area contributed by atoms with Gasteiger partial charge in [-0.05, 0) is 44.0 Å². The Labute approximate surface area is 154 Å². The topological polar surface area (TPSA) is 59.1 Å². The van der Waals surface area contributed by atoms with Crippen molar-refractivity contribution >= 4 is 17.3 Å². The zero-order chi connectivity index (χ0) is 18.4. The first kappa shape index (κ1) is 17.7. The number of aryl methyl sites for hydroxylation is 1. The Morgan fingerprint density at radius 2 is 1.69 bits per heavy atom. The maximum absolute atomic E-state index is 5.84. The number of nitrogens with zero attached hydrogens (tertiary/aromatic N) is 2. The monoisotopic (exact) mass is 348 g/mol. The number of nitrogens with one attached hydrogen (secondary N) is 2.